The van der Waals surface area contributed by atoms with Crippen molar-refractivity contribution in [3.63, 3.8) is 0 Å². The van der Waals surface area contributed by atoms with Gasteiger partial charge in [0, 0.05) is 29.9 Å². The Hall–Kier alpha value is -6.10. The second kappa shape index (κ2) is 16.5. The van der Waals surface area contributed by atoms with Crippen LogP contribution in [0.3, 0.4) is 0 Å². The van der Waals surface area contributed by atoms with Crippen molar-refractivity contribution in [3.05, 3.63) is 76.6 Å². The fourth-order valence-corrected chi connectivity index (χ4v) is 4.15. The zero-order valence-electron chi connectivity index (χ0n) is 24.2. The van der Waals surface area contributed by atoms with Crippen LogP contribution in [-0.4, -0.2) is 62.3 Å². The van der Waals surface area contributed by atoms with Crippen LogP contribution in [-0.2, 0) is 17.6 Å². The van der Waals surface area contributed by atoms with Gasteiger partial charge < -0.3 is 38.7 Å². The fourth-order valence-electron chi connectivity index (χ4n) is 4.15. The lowest BCUT2D eigenvalue weighted by molar-refractivity contribution is -0.122. The van der Waals surface area contributed by atoms with E-state index in [1.54, 1.807) is 36.5 Å². The SMILES string of the molecule is NN/N=C(\N)c1cc(N)ccc1C(=O)NCCCCNC(=O)c1ccc(CCc2cnc3nc(N)nc(N)c3n2)cc1.O=CO. The van der Waals surface area contributed by atoms with E-state index in [9.17, 15) is 9.59 Å². The number of nitrogens with two attached hydrogens (primary N) is 5. The summed E-state index contributed by atoms with van der Waals surface area (Å²) in [4.78, 5) is 50.3. The third-order valence-electron chi connectivity index (χ3n) is 6.31. The predicted octanol–water partition coefficient (Wildman–Crippen LogP) is -0.324. The first kappa shape index (κ1) is 33.4. The number of carbonyl (C=O) groups excluding carboxylic acids is 2. The summed E-state index contributed by atoms with van der Waals surface area (Å²) in [7, 11) is 0. The van der Waals surface area contributed by atoms with E-state index in [1.807, 2.05) is 12.1 Å². The fraction of sp³-hybridized carbons (Fsp3) is 0.214. The molecule has 2 aromatic carbocycles. The molecule has 4 aromatic rings. The predicted molar refractivity (Wildman–Crippen MR) is 169 cm³/mol. The van der Waals surface area contributed by atoms with Gasteiger partial charge in [0.15, 0.2) is 22.8 Å². The Morgan fingerprint density at radius 3 is 2.22 bits per heavy atom. The molecule has 0 saturated carbocycles. The summed E-state index contributed by atoms with van der Waals surface area (Å²) in [6.45, 7) is 0.624. The van der Waals surface area contributed by atoms with Crippen LogP contribution in [0.25, 0.3) is 11.2 Å². The maximum Gasteiger partial charge on any atom is 0.290 e. The van der Waals surface area contributed by atoms with Gasteiger partial charge in [-0.1, -0.05) is 12.1 Å². The van der Waals surface area contributed by atoms with Gasteiger partial charge in [0.1, 0.15) is 0 Å². The van der Waals surface area contributed by atoms with Gasteiger partial charge in [-0.05, 0) is 61.6 Å². The lowest BCUT2D eigenvalue weighted by atomic mass is 10.0. The van der Waals surface area contributed by atoms with Gasteiger partial charge in [-0.15, -0.1) is 5.10 Å². The first-order chi connectivity index (χ1) is 21.7. The Bertz CT molecular complexity index is 1660. The number of hydrazone groups is 1. The molecule has 236 valence electrons. The number of anilines is 3. The average molecular weight is 618 g/mol. The van der Waals surface area contributed by atoms with Crippen LogP contribution in [0, 0.1) is 0 Å². The second-order valence-electron chi connectivity index (χ2n) is 9.45. The van der Waals surface area contributed by atoms with Crippen LogP contribution in [0.15, 0.2) is 53.8 Å². The number of benzene rings is 2. The molecule has 17 nitrogen and oxygen atoms in total. The number of hydrogen-bond donors (Lipinski definition) is 9. The average Bonchev–Trinajstić information content (AvgIpc) is 3.02. The molecule has 0 bridgehead atoms. The number of hydrazine groups is 1. The van der Waals surface area contributed by atoms with Crippen LogP contribution in [0.1, 0.15) is 50.4 Å². The molecule has 2 heterocycles. The molecular weight excluding hydrogens is 582 g/mol. The minimum atomic E-state index is -0.319. The maximum atomic E-state index is 12.6. The van der Waals surface area contributed by atoms with Crippen molar-refractivity contribution in [2.24, 2.45) is 16.7 Å². The summed E-state index contributed by atoms with van der Waals surface area (Å²) in [5.74, 6) is 4.98. The number of rotatable bonds is 12. The van der Waals surface area contributed by atoms with Crippen LogP contribution in [0.2, 0.25) is 0 Å². The Labute approximate surface area is 257 Å². The van der Waals surface area contributed by atoms with E-state index in [2.05, 4.69) is 41.2 Å². The molecule has 2 amide bonds. The zero-order chi connectivity index (χ0) is 32.8. The Morgan fingerprint density at radius 2 is 1.56 bits per heavy atom. The number of amidine groups is 1. The van der Waals surface area contributed by atoms with Gasteiger partial charge in [-0.25, -0.2) is 21.3 Å². The standard InChI is InChI=1S/C27H33N13O2.CH2O2/c28-17-8-10-19(20(13-17)22(29)39-40-32)26(42)34-12-2-1-11-33-25(41)16-6-3-15(4-7-16)5-9-18-14-35-24-21(36-18)23(30)37-27(31)38-24;2-1-3/h3-4,6-8,10,13-14,40H,1-2,5,9,11-12,28,32H2,(H2,29,39)(H,33,41)(H,34,42)(H4,30,31,35,37,38);1H,(H,2,3). The van der Waals surface area contributed by atoms with Crippen molar-refractivity contribution in [3.8, 4) is 0 Å². The van der Waals surface area contributed by atoms with Crippen LogP contribution in [0.4, 0.5) is 17.5 Å². The minimum absolute atomic E-state index is 0.0392. The minimum Gasteiger partial charge on any atom is -0.483 e. The summed E-state index contributed by atoms with van der Waals surface area (Å²) in [5, 5.41) is 16.3. The van der Waals surface area contributed by atoms with Gasteiger partial charge in [-0.3, -0.25) is 14.4 Å². The number of nitrogen functional groups attached to an aromatic ring is 3. The van der Waals surface area contributed by atoms with Crippen LogP contribution >= 0.6 is 0 Å². The van der Waals surface area contributed by atoms with Gasteiger partial charge >= 0.3 is 0 Å². The molecule has 0 fully saturated rings. The molecule has 2 aromatic heterocycles. The topological polar surface area (TPSA) is 302 Å². The van der Waals surface area contributed by atoms with Gasteiger partial charge in [-0.2, -0.15) is 9.97 Å². The van der Waals surface area contributed by atoms with Gasteiger partial charge in [0.05, 0.1) is 17.5 Å². The Morgan fingerprint density at radius 1 is 0.889 bits per heavy atom. The number of fused-ring (bicyclic) bond motifs is 1. The monoisotopic (exact) mass is 617 g/mol. The first-order valence-corrected chi connectivity index (χ1v) is 13.6. The highest BCUT2D eigenvalue weighted by molar-refractivity contribution is 6.09. The summed E-state index contributed by atoms with van der Waals surface area (Å²) >= 11 is 0. The highest BCUT2D eigenvalue weighted by Crippen LogP contribution is 2.16. The zero-order valence-corrected chi connectivity index (χ0v) is 24.2. The normalized spacial score (nSPS) is 10.8. The van der Waals surface area contributed by atoms with Crippen molar-refractivity contribution in [2.45, 2.75) is 25.7 Å². The lowest BCUT2D eigenvalue weighted by Crippen LogP contribution is -2.30. The molecule has 0 atom stereocenters. The number of amides is 2. The third kappa shape index (κ3) is 9.72. The molecule has 0 radical (unpaired) electrons. The number of carboxylic acid groups (broad SMARTS) is 1. The van der Waals surface area contributed by atoms with Crippen LogP contribution in [0.5, 0.6) is 0 Å². The molecule has 0 saturated heterocycles. The quantitative estimate of drug-likeness (QED) is 0.0187. The van der Waals surface area contributed by atoms with E-state index in [0.717, 1.165) is 11.3 Å². The highest BCUT2D eigenvalue weighted by atomic mass is 16.3. The summed E-state index contributed by atoms with van der Waals surface area (Å²) in [6.07, 6.45) is 4.30. The van der Waals surface area contributed by atoms with E-state index in [1.165, 1.54) is 0 Å². The molecule has 14 N–H and O–H groups in total. The Balaban J connectivity index is 0.00000177. The Kier molecular flexibility index (Phi) is 12.3. The number of aryl methyl sites for hydroxylation is 2. The molecule has 0 aliphatic rings. The molecule has 45 heavy (non-hydrogen) atoms. The van der Waals surface area contributed by atoms with E-state index < -0.39 is 0 Å². The number of nitrogens with zero attached hydrogens (tertiary/aromatic N) is 5. The highest BCUT2D eigenvalue weighted by Gasteiger charge is 2.14. The summed E-state index contributed by atoms with van der Waals surface area (Å²) in [5.41, 5.74) is 29.5. The van der Waals surface area contributed by atoms with Crippen molar-refractivity contribution < 1.29 is 19.5 Å². The molecule has 0 aliphatic heterocycles. The number of aromatic nitrogens is 4. The second-order valence-corrected chi connectivity index (χ2v) is 9.45. The number of nitrogens with one attached hydrogen (secondary N) is 3. The van der Waals surface area contributed by atoms with Crippen molar-refractivity contribution in [1.29, 1.82) is 0 Å². The number of hydrogen-bond acceptors (Lipinski definition) is 13. The lowest BCUT2D eigenvalue weighted by Gasteiger charge is -2.11. The smallest absolute Gasteiger partial charge is 0.290 e. The van der Waals surface area contributed by atoms with Crippen molar-refractivity contribution in [2.75, 3.05) is 30.3 Å². The number of carbonyl (C=O) groups is 3. The molecule has 0 aliphatic carbocycles. The largest absolute Gasteiger partial charge is 0.483 e. The van der Waals surface area contributed by atoms with E-state index in [4.69, 9.17) is 38.7 Å². The molecule has 17 heteroatoms. The maximum absolute atomic E-state index is 12.6. The van der Waals surface area contributed by atoms with Gasteiger partial charge in [0.2, 0.25) is 5.95 Å². The summed E-state index contributed by atoms with van der Waals surface area (Å²) < 4.78 is 0. The summed E-state index contributed by atoms with van der Waals surface area (Å²) in [6, 6.07) is 12.1. The van der Waals surface area contributed by atoms with Crippen molar-refractivity contribution in [1.82, 2.24) is 36.1 Å². The van der Waals surface area contributed by atoms with Crippen molar-refractivity contribution >= 4 is 52.7 Å². The first-order valence-electron chi connectivity index (χ1n) is 13.6. The van der Waals surface area contributed by atoms with E-state index in [0.29, 0.717) is 72.3 Å². The van der Waals surface area contributed by atoms with E-state index >= 15 is 0 Å². The third-order valence-corrected chi connectivity index (χ3v) is 6.31. The molecular formula is C28H35N13O4. The van der Waals surface area contributed by atoms with E-state index in [-0.39, 0.29) is 35.9 Å². The van der Waals surface area contributed by atoms with Gasteiger partial charge in [0.25, 0.3) is 18.3 Å². The van der Waals surface area contributed by atoms with Crippen LogP contribution < -0.4 is 44.9 Å². The number of unbranched alkanes of at least 4 members (excludes halogenated alkanes) is 1. The molecule has 0 unspecified atom stereocenters. The molecule has 4 rings (SSSR count). The molecule has 0 spiro atoms.